The second kappa shape index (κ2) is 7.45. The van der Waals surface area contributed by atoms with Crippen LogP contribution in [-0.4, -0.2) is 28.9 Å². The molecular weight excluding hydrogens is 296 g/mol. The molecule has 1 atom stereocenters. The van der Waals surface area contributed by atoms with E-state index in [1.54, 1.807) is 18.5 Å². The van der Waals surface area contributed by atoms with Gasteiger partial charge in [-0.05, 0) is 49.5 Å². The minimum atomic E-state index is 0.0615. The Balaban J connectivity index is 1.91. The molecule has 1 aliphatic heterocycles. The SMILES string of the molecule is CC(C)(C)CCC1CCCN(C(=O)c2cncc(Cl)c2)CC1. The number of nitrogens with zero attached hydrogens (tertiary/aromatic N) is 2. The fourth-order valence-electron chi connectivity index (χ4n) is 3.01. The minimum absolute atomic E-state index is 0.0615. The van der Waals surface area contributed by atoms with Crippen LogP contribution in [0.3, 0.4) is 0 Å². The van der Waals surface area contributed by atoms with E-state index in [9.17, 15) is 4.79 Å². The Morgan fingerprint density at radius 2 is 2.09 bits per heavy atom. The second-order valence-electron chi connectivity index (χ2n) is 7.58. The van der Waals surface area contributed by atoms with Crippen molar-refractivity contribution in [1.29, 1.82) is 0 Å². The van der Waals surface area contributed by atoms with Crippen molar-refractivity contribution >= 4 is 17.5 Å². The Bertz CT molecular complexity index is 510. The largest absolute Gasteiger partial charge is 0.339 e. The highest BCUT2D eigenvalue weighted by atomic mass is 35.5. The molecule has 1 aromatic rings. The van der Waals surface area contributed by atoms with Crippen molar-refractivity contribution in [2.75, 3.05) is 13.1 Å². The fraction of sp³-hybridized carbons (Fsp3) is 0.667. The Morgan fingerprint density at radius 1 is 1.32 bits per heavy atom. The Morgan fingerprint density at radius 3 is 2.77 bits per heavy atom. The summed E-state index contributed by atoms with van der Waals surface area (Å²) >= 11 is 5.93. The number of amides is 1. The average Bonchev–Trinajstić information content (AvgIpc) is 2.69. The molecule has 22 heavy (non-hydrogen) atoms. The van der Waals surface area contributed by atoms with Gasteiger partial charge in [-0.1, -0.05) is 32.4 Å². The lowest BCUT2D eigenvalue weighted by Gasteiger charge is -2.23. The lowest BCUT2D eigenvalue weighted by Crippen LogP contribution is -2.32. The van der Waals surface area contributed by atoms with Crippen molar-refractivity contribution in [2.45, 2.75) is 52.9 Å². The van der Waals surface area contributed by atoms with Crippen molar-refractivity contribution in [3.8, 4) is 0 Å². The monoisotopic (exact) mass is 322 g/mol. The van der Waals surface area contributed by atoms with E-state index in [1.165, 1.54) is 19.3 Å². The third-order valence-corrected chi connectivity index (χ3v) is 4.60. The number of carbonyl (C=O) groups is 1. The topological polar surface area (TPSA) is 33.2 Å². The molecule has 0 radical (unpaired) electrons. The molecule has 1 unspecified atom stereocenters. The lowest BCUT2D eigenvalue weighted by molar-refractivity contribution is 0.0759. The van der Waals surface area contributed by atoms with Crippen LogP contribution >= 0.6 is 11.6 Å². The van der Waals surface area contributed by atoms with Crippen molar-refractivity contribution < 1.29 is 4.79 Å². The zero-order valence-corrected chi connectivity index (χ0v) is 14.7. The van der Waals surface area contributed by atoms with Gasteiger partial charge in [0.2, 0.25) is 0 Å². The number of carbonyl (C=O) groups excluding carboxylic acids is 1. The molecule has 0 aromatic carbocycles. The zero-order chi connectivity index (χ0) is 16.2. The van der Waals surface area contributed by atoms with E-state index >= 15 is 0 Å². The summed E-state index contributed by atoms with van der Waals surface area (Å²) in [5, 5.41) is 0.517. The maximum absolute atomic E-state index is 12.6. The molecule has 1 amide bonds. The van der Waals surface area contributed by atoms with E-state index in [1.807, 2.05) is 4.90 Å². The van der Waals surface area contributed by atoms with E-state index in [2.05, 4.69) is 25.8 Å². The van der Waals surface area contributed by atoms with Gasteiger partial charge in [-0.15, -0.1) is 0 Å². The molecule has 1 aromatic heterocycles. The Kier molecular flexibility index (Phi) is 5.85. The van der Waals surface area contributed by atoms with Gasteiger partial charge in [0.15, 0.2) is 0 Å². The number of rotatable bonds is 3. The number of hydrogen-bond donors (Lipinski definition) is 0. The van der Waals surface area contributed by atoms with Crippen molar-refractivity contribution in [1.82, 2.24) is 9.88 Å². The maximum atomic E-state index is 12.6. The lowest BCUT2D eigenvalue weighted by atomic mass is 9.84. The van der Waals surface area contributed by atoms with Crippen LogP contribution in [0.15, 0.2) is 18.5 Å². The molecule has 0 bridgehead atoms. The summed E-state index contributed by atoms with van der Waals surface area (Å²) < 4.78 is 0. The summed E-state index contributed by atoms with van der Waals surface area (Å²) in [4.78, 5) is 18.5. The number of likely N-dealkylation sites (tertiary alicyclic amines) is 1. The van der Waals surface area contributed by atoms with Gasteiger partial charge in [0.25, 0.3) is 5.91 Å². The van der Waals surface area contributed by atoms with Gasteiger partial charge in [-0.25, -0.2) is 0 Å². The van der Waals surface area contributed by atoms with E-state index < -0.39 is 0 Å². The smallest absolute Gasteiger partial charge is 0.255 e. The predicted molar refractivity (Wildman–Crippen MR) is 91.2 cm³/mol. The van der Waals surface area contributed by atoms with Gasteiger partial charge in [-0.3, -0.25) is 9.78 Å². The molecule has 2 rings (SSSR count). The van der Waals surface area contributed by atoms with Crippen LogP contribution in [0.5, 0.6) is 0 Å². The van der Waals surface area contributed by atoms with Gasteiger partial charge < -0.3 is 4.90 Å². The predicted octanol–water partition coefficient (Wildman–Crippen LogP) is 4.80. The van der Waals surface area contributed by atoms with Gasteiger partial charge in [0.05, 0.1) is 10.6 Å². The standard InChI is InChI=1S/C18H27ClN2O/c1-18(2,3)8-6-14-5-4-9-21(10-7-14)17(22)15-11-16(19)13-20-12-15/h11-14H,4-10H2,1-3H3. The summed E-state index contributed by atoms with van der Waals surface area (Å²) in [6.45, 7) is 8.58. The first kappa shape index (κ1) is 17.3. The highest BCUT2D eigenvalue weighted by Gasteiger charge is 2.23. The van der Waals surface area contributed by atoms with Crippen LogP contribution in [0, 0.1) is 11.3 Å². The van der Waals surface area contributed by atoms with Crippen LogP contribution in [0.4, 0.5) is 0 Å². The third-order valence-electron chi connectivity index (χ3n) is 4.39. The van der Waals surface area contributed by atoms with E-state index in [-0.39, 0.29) is 5.91 Å². The number of halogens is 1. The highest BCUT2D eigenvalue weighted by Crippen LogP contribution is 2.29. The van der Waals surface area contributed by atoms with Gasteiger partial charge in [-0.2, -0.15) is 0 Å². The summed E-state index contributed by atoms with van der Waals surface area (Å²) in [6, 6.07) is 1.71. The number of aromatic nitrogens is 1. The molecule has 1 saturated heterocycles. The quantitative estimate of drug-likeness (QED) is 0.800. The summed E-state index contributed by atoms with van der Waals surface area (Å²) in [7, 11) is 0. The molecule has 0 aliphatic carbocycles. The normalized spacial score (nSPS) is 19.8. The van der Waals surface area contributed by atoms with Crippen molar-refractivity contribution in [2.24, 2.45) is 11.3 Å². The van der Waals surface area contributed by atoms with Crippen molar-refractivity contribution in [3.05, 3.63) is 29.0 Å². The first-order chi connectivity index (χ1) is 10.3. The molecule has 122 valence electrons. The molecule has 4 heteroatoms. The van der Waals surface area contributed by atoms with E-state index in [4.69, 9.17) is 11.6 Å². The van der Waals surface area contributed by atoms with Crippen LogP contribution in [0.1, 0.15) is 63.2 Å². The molecule has 3 nitrogen and oxygen atoms in total. The molecule has 1 fully saturated rings. The second-order valence-corrected chi connectivity index (χ2v) is 8.02. The first-order valence-electron chi connectivity index (χ1n) is 8.25. The van der Waals surface area contributed by atoms with Crippen LogP contribution in [0.25, 0.3) is 0 Å². The molecule has 0 saturated carbocycles. The maximum Gasteiger partial charge on any atom is 0.255 e. The van der Waals surface area contributed by atoms with Crippen LogP contribution < -0.4 is 0 Å². The van der Waals surface area contributed by atoms with Crippen LogP contribution in [-0.2, 0) is 0 Å². The summed E-state index contributed by atoms with van der Waals surface area (Å²) in [5.41, 5.74) is 0.995. The minimum Gasteiger partial charge on any atom is -0.339 e. The molecular formula is C18H27ClN2O. The Hall–Kier alpha value is -1.09. The van der Waals surface area contributed by atoms with Gasteiger partial charge in [0, 0.05) is 25.5 Å². The Labute approximate surface area is 139 Å². The zero-order valence-electron chi connectivity index (χ0n) is 13.9. The van der Waals surface area contributed by atoms with Gasteiger partial charge in [0.1, 0.15) is 0 Å². The fourth-order valence-corrected chi connectivity index (χ4v) is 3.18. The molecule has 1 aliphatic rings. The van der Waals surface area contributed by atoms with Crippen LogP contribution in [0.2, 0.25) is 5.02 Å². The highest BCUT2D eigenvalue weighted by molar-refractivity contribution is 6.30. The summed E-state index contributed by atoms with van der Waals surface area (Å²) in [5.74, 6) is 0.806. The number of hydrogen-bond acceptors (Lipinski definition) is 2. The molecule has 2 heterocycles. The summed E-state index contributed by atoms with van der Waals surface area (Å²) in [6.07, 6.45) is 9.12. The van der Waals surface area contributed by atoms with Gasteiger partial charge >= 0.3 is 0 Å². The molecule has 0 N–H and O–H groups in total. The van der Waals surface area contributed by atoms with E-state index in [0.717, 1.165) is 31.8 Å². The molecule has 0 spiro atoms. The average molecular weight is 323 g/mol. The third kappa shape index (κ3) is 5.28. The van der Waals surface area contributed by atoms with Crippen molar-refractivity contribution in [3.63, 3.8) is 0 Å². The van der Waals surface area contributed by atoms with E-state index in [0.29, 0.717) is 16.0 Å². The first-order valence-corrected chi connectivity index (χ1v) is 8.63. The number of pyridine rings is 1.